The standard InChI is InChI=1S/C35H41Cl2N3O6/c1-5-45-32(43)35-22-39(33(44)46-34(2,3)4)18-15-29(35)40(21-25-11-12-26(36)19-28(25)37)31(42)27(35)20-30(41)38-16-13-24(14-17-38)23-9-7-6-8-10-23/h6-12,15,19,24,27H,5,13-14,16-18,20-22H2,1-4H3/t27-,35-/m1/s1. The van der Waals surface area contributed by atoms with Crippen LogP contribution >= 0.6 is 23.2 Å². The molecule has 2 aromatic rings. The molecule has 3 aliphatic rings. The van der Waals surface area contributed by atoms with Gasteiger partial charge in [0.2, 0.25) is 11.8 Å². The van der Waals surface area contributed by atoms with Crippen molar-refractivity contribution >= 4 is 47.1 Å². The Morgan fingerprint density at radius 2 is 1.70 bits per heavy atom. The van der Waals surface area contributed by atoms with Crippen LogP contribution in [0.15, 0.2) is 60.3 Å². The van der Waals surface area contributed by atoms with Crippen molar-refractivity contribution in [2.24, 2.45) is 11.3 Å². The molecule has 2 atom stereocenters. The van der Waals surface area contributed by atoms with E-state index in [1.807, 2.05) is 18.2 Å². The second kappa shape index (κ2) is 13.7. The third-order valence-electron chi connectivity index (χ3n) is 8.98. The zero-order chi connectivity index (χ0) is 33.2. The number of hydrogen-bond acceptors (Lipinski definition) is 6. The molecular formula is C35H41Cl2N3O6. The van der Waals surface area contributed by atoms with E-state index in [2.05, 4.69) is 12.1 Å². The minimum Gasteiger partial charge on any atom is -0.465 e. The molecule has 9 nitrogen and oxygen atoms in total. The van der Waals surface area contributed by atoms with Crippen LogP contribution in [0, 0.1) is 11.3 Å². The molecule has 46 heavy (non-hydrogen) atoms. The smallest absolute Gasteiger partial charge is 0.410 e. The third kappa shape index (κ3) is 6.91. The topological polar surface area (TPSA) is 96.5 Å². The monoisotopic (exact) mass is 669 g/mol. The van der Waals surface area contributed by atoms with E-state index in [1.54, 1.807) is 56.9 Å². The lowest BCUT2D eigenvalue weighted by Crippen LogP contribution is -2.54. The number of amides is 3. The summed E-state index contributed by atoms with van der Waals surface area (Å²) in [6, 6.07) is 15.3. The highest BCUT2D eigenvalue weighted by Crippen LogP contribution is 2.51. The van der Waals surface area contributed by atoms with Gasteiger partial charge in [-0.25, -0.2) is 4.79 Å². The van der Waals surface area contributed by atoms with Crippen molar-refractivity contribution in [2.45, 2.75) is 65.0 Å². The molecule has 2 saturated heterocycles. The second-order valence-electron chi connectivity index (χ2n) is 13.1. The highest BCUT2D eigenvalue weighted by atomic mass is 35.5. The molecule has 0 N–H and O–H groups in total. The van der Waals surface area contributed by atoms with Gasteiger partial charge < -0.3 is 24.2 Å². The Kier molecular flexibility index (Phi) is 10.0. The fourth-order valence-corrected chi connectivity index (χ4v) is 7.22. The predicted molar refractivity (Wildman–Crippen MR) is 175 cm³/mol. The van der Waals surface area contributed by atoms with Crippen LogP contribution in [0.4, 0.5) is 4.79 Å². The number of nitrogens with zero attached hydrogens (tertiary/aromatic N) is 3. The van der Waals surface area contributed by atoms with Crippen molar-refractivity contribution in [3.05, 3.63) is 81.5 Å². The number of benzene rings is 2. The van der Waals surface area contributed by atoms with Crippen molar-refractivity contribution in [3.63, 3.8) is 0 Å². The van der Waals surface area contributed by atoms with Crippen molar-refractivity contribution in [1.82, 2.24) is 14.7 Å². The van der Waals surface area contributed by atoms with E-state index in [1.165, 1.54) is 15.4 Å². The summed E-state index contributed by atoms with van der Waals surface area (Å²) < 4.78 is 11.3. The lowest BCUT2D eigenvalue weighted by atomic mass is 9.71. The van der Waals surface area contributed by atoms with Crippen molar-refractivity contribution in [1.29, 1.82) is 0 Å². The maximum absolute atomic E-state index is 14.4. The van der Waals surface area contributed by atoms with E-state index in [4.69, 9.17) is 32.7 Å². The Morgan fingerprint density at radius 3 is 2.33 bits per heavy atom. The third-order valence-corrected chi connectivity index (χ3v) is 9.57. The minimum absolute atomic E-state index is 0.0570. The van der Waals surface area contributed by atoms with Crippen LogP contribution in [0.1, 0.15) is 64.0 Å². The summed E-state index contributed by atoms with van der Waals surface area (Å²) in [5.74, 6) is -2.03. The number of carbonyl (C=O) groups is 4. The quantitative estimate of drug-likeness (QED) is 0.315. The molecule has 0 spiro atoms. The molecule has 2 fully saturated rings. The first kappa shape index (κ1) is 33.8. The van der Waals surface area contributed by atoms with E-state index in [9.17, 15) is 19.2 Å². The Labute approximate surface area is 280 Å². The number of esters is 1. The molecule has 3 heterocycles. The van der Waals surface area contributed by atoms with Crippen LogP contribution in [0.2, 0.25) is 10.0 Å². The summed E-state index contributed by atoms with van der Waals surface area (Å²) in [4.78, 5) is 60.5. The van der Waals surface area contributed by atoms with Crippen LogP contribution in [-0.2, 0) is 30.4 Å². The van der Waals surface area contributed by atoms with Gasteiger partial charge in [-0.05, 0) is 75.8 Å². The molecule has 0 aromatic heterocycles. The van der Waals surface area contributed by atoms with E-state index in [-0.39, 0.29) is 38.6 Å². The zero-order valence-corrected chi connectivity index (χ0v) is 28.3. The first-order chi connectivity index (χ1) is 21.8. The maximum atomic E-state index is 14.4. The molecule has 0 bridgehead atoms. The molecule has 0 unspecified atom stereocenters. The van der Waals surface area contributed by atoms with Gasteiger partial charge in [0.15, 0.2) is 0 Å². The number of halogens is 2. The molecule has 0 saturated carbocycles. The lowest BCUT2D eigenvalue weighted by molar-refractivity contribution is -0.159. The SMILES string of the molecule is CCOC(=O)[C@@]12CN(C(=O)OC(C)(C)C)CC=C1N(Cc1ccc(Cl)cc1Cl)C(=O)[C@H]2CC(=O)N1CCC(c2ccccc2)CC1. The van der Waals surface area contributed by atoms with Gasteiger partial charge in [-0.2, -0.15) is 0 Å². The number of ether oxygens (including phenoxy) is 2. The summed E-state index contributed by atoms with van der Waals surface area (Å²) in [7, 11) is 0. The van der Waals surface area contributed by atoms with Crippen LogP contribution in [0.3, 0.4) is 0 Å². The predicted octanol–water partition coefficient (Wildman–Crippen LogP) is 6.43. The molecule has 3 amide bonds. The van der Waals surface area contributed by atoms with E-state index in [0.29, 0.717) is 40.3 Å². The fourth-order valence-electron chi connectivity index (χ4n) is 6.76. The minimum atomic E-state index is -1.61. The van der Waals surface area contributed by atoms with Gasteiger partial charge >= 0.3 is 12.1 Å². The van der Waals surface area contributed by atoms with Crippen LogP contribution in [0.25, 0.3) is 0 Å². The average Bonchev–Trinajstić information content (AvgIpc) is 3.25. The number of piperidine rings is 1. The second-order valence-corrected chi connectivity index (χ2v) is 14.0. The number of hydrogen-bond donors (Lipinski definition) is 0. The number of likely N-dealkylation sites (tertiary alicyclic amines) is 2. The Morgan fingerprint density at radius 1 is 1.00 bits per heavy atom. The highest BCUT2D eigenvalue weighted by molar-refractivity contribution is 6.35. The summed E-state index contributed by atoms with van der Waals surface area (Å²) in [6.07, 6.45) is 2.47. The molecule has 0 radical (unpaired) electrons. The van der Waals surface area contributed by atoms with Crippen LogP contribution in [0.5, 0.6) is 0 Å². The Hall–Kier alpha value is -3.56. The van der Waals surface area contributed by atoms with Crippen LogP contribution < -0.4 is 0 Å². The van der Waals surface area contributed by atoms with E-state index in [0.717, 1.165) is 12.8 Å². The van der Waals surface area contributed by atoms with Gasteiger partial charge in [-0.15, -0.1) is 0 Å². The summed E-state index contributed by atoms with van der Waals surface area (Å²) in [5.41, 5.74) is -0.107. The zero-order valence-electron chi connectivity index (χ0n) is 26.8. The van der Waals surface area contributed by atoms with Crippen molar-refractivity contribution in [2.75, 3.05) is 32.8 Å². The highest BCUT2D eigenvalue weighted by Gasteiger charge is 2.64. The normalized spacial score (nSPS) is 22.0. The summed E-state index contributed by atoms with van der Waals surface area (Å²) in [6.45, 7) is 8.11. The number of fused-ring (bicyclic) bond motifs is 1. The average molecular weight is 671 g/mol. The van der Waals surface area contributed by atoms with Crippen LogP contribution in [-0.4, -0.2) is 77.0 Å². The maximum Gasteiger partial charge on any atom is 0.410 e. The molecule has 0 aliphatic carbocycles. The number of carbonyl (C=O) groups excluding carboxylic acids is 4. The molecule has 5 rings (SSSR count). The first-order valence-electron chi connectivity index (χ1n) is 15.8. The molecule has 11 heteroatoms. The van der Waals surface area contributed by atoms with Gasteiger partial charge in [0.25, 0.3) is 0 Å². The van der Waals surface area contributed by atoms with Gasteiger partial charge in [0.05, 0.1) is 19.1 Å². The van der Waals surface area contributed by atoms with Crippen molar-refractivity contribution in [3.8, 4) is 0 Å². The largest absolute Gasteiger partial charge is 0.465 e. The first-order valence-corrected chi connectivity index (χ1v) is 16.5. The molecule has 246 valence electrons. The van der Waals surface area contributed by atoms with E-state index < -0.39 is 34.9 Å². The molecule has 2 aromatic carbocycles. The molecule has 3 aliphatic heterocycles. The molecular weight excluding hydrogens is 629 g/mol. The van der Waals surface area contributed by atoms with Gasteiger partial charge in [0.1, 0.15) is 11.0 Å². The number of rotatable bonds is 7. The van der Waals surface area contributed by atoms with Gasteiger partial charge in [-0.3, -0.25) is 14.4 Å². The summed E-state index contributed by atoms with van der Waals surface area (Å²) >= 11 is 12.7. The Bertz CT molecular complexity index is 1520. The fraction of sp³-hybridized carbons (Fsp3) is 0.486. The Balaban J connectivity index is 1.48. The summed E-state index contributed by atoms with van der Waals surface area (Å²) in [5, 5.41) is 0.821. The van der Waals surface area contributed by atoms with Crippen molar-refractivity contribution < 1.29 is 28.7 Å². The van der Waals surface area contributed by atoms with Gasteiger partial charge in [0, 0.05) is 48.3 Å². The van der Waals surface area contributed by atoms with E-state index >= 15 is 0 Å². The lowest BCUT2D eigenvalue weighted by Gasteiger charge is -2.41. The van der Waals surface area contributed by atoms with Gasteiger partial charge in [-0.1, -0.05) is 59.6 Å².